The highest BCUT2D eigenvalue weighted by Crippen LogP contribution is 2.17. The molecular formula is C14H19N3S. The van der Waals surface area contributed by atoms with Crippen LogP contribution in [-0.4, -0.2) is 11.5 Å². The number of aromatic nitrogens is 1. The molecule has 1 heterocycles. The molecule has 1 unspecified atom stereocenters. The molecule has 0 bridgehead atoms. The van der Waals surface area contributed by atoms with Crippen molar-refractivity contribution >= 4 is 17.0 Å². The van der Waals surface area contributed by atoms with E-state index in [1.807, 2.05) is 19.1 Å². The highest BCUT2D eigenvalue weighted by atomic mass is 32.1. The topological polar surface area (TPSA) is 50.9 Å². The van der Waals surface area contributed by atoms with Crippen molar-refractivity contribution in [3.63, 3.8) is 0 Å². The van der Waals surface area contributed by atoms with Gasteiger partial charge in [-0.3, -0.25) is 0 Å². The molecule has 4 heteroatoms. The Bertz CT molecular complexity index is 490. The van der Waals surface area contributed by atoms with Crippen LogP contribution in [-0.2, 0) is 6.42 Å². The van der Waals surface area contributed by atoms with Gasteiger partial charge in [0.1, 0.15) is 5.01 Å². The molecule has 18 heavy (non-hydrogen) atoms. The molecule has 0 radical (unpaired) electrons. The predicted octanol–water partition coefficient (Wildman–Crippen LogP) is 2.93. The van der Waals surface area contributed by atoms with Gasteiger partial charge in [0, 0.05) is 16.8 Å². The minimum absolute atomic E-state index is 0.317. The first-order chi connectivity index (χ1) is 8.65. The zero-order valence-electron chi connectivity index (χ0n) is 10.8. The molecular weight excluding hydrogens is 242 g/mol. The molecule has 0 aliphatic heterocycles. The fourth-order valence-electron chi connectivity index (χ4n) is 1.78. The molecule has 96 valence electrons. The van der Waals surface area contributed by atoms with Gasteiger partial charge in [0.05, 0.1) is 6.04 Å². The van der Waals surface area contributed by atoms with E-state index in [1.54, 1.807) is 11.3 Å². The van der Waals surface area contributed by atoms with Crippen LogP contribution in [0.15, 0.2) is 29.6 Å². The number of nitrogens with two attached hydrogens (primary N) is 1. The zero-order chi connectivity index (χ0) is 13.0. The van der Waals surface area contributed by atoms with Crippen molar-refractivity contribution in [1.82, 2.24) is 10.3 Å². The Morgan fingerprint density at radius 1 is 1.33 bits per heavy atom. The Balaban J connectivity index is 1.80. The number of hydrogen-bond donors (Lipinski definition) is 2. The summed E-state index contributed by atoms with van der Waals surface area (Å²) in [5.74, 6) is 0. The number of hydrogen-bond acceptors (Lipinski definition) is 4. The smallest absolute Gasteiger partial charge is 0.110 e. The molecule has 0 saturated carbocycles. The van der Waals surface area contributed by atoms with Crippen LogP contribution in [0.25, 0.3) is 0 Å². The van der Waals surface area contributed by atoms with E-state index in [2.05, 4.69) is 34.7 Å². The van der Waals surface area contributed by atoms with Crippen molar-refractivity contribution in [2.45, 2.75) is 26.3 Å². The predicted molar refractivity (Wildman–Crippen MR) is 77.8 cm³/mol. The second-order valence-electron chi connectivity index (χ2n) is 4.49. The van der Waals surface area contributed by atoms with Crippen LogP contribution in [0.4, 0.5) is 5.69 Å². The lowest BCUT2D eigenvalue weighted by molar-refractivity contribution is 0.573. The number of nitrogens with one attached hydrogen (secondary N) is 1. The summed E-state index contributed by atoms with van der Waals surface area (Å²) in [6, 6.07) is 8.37. The highest BCUT2D eigenvalue weighted by molar-refractivity contribution is 7.09. The van der Waals surface area contributed by atoms with Crippen molar-refractivity contribution in [2.24, 2.45) is 0 Å². The van der Waals surface area contributed by atoms with Crippen LogP contribution in [0.5, 0.6) is 0 Å². The average molecular weight is 261 g/mol. The third-order valence-corrected chi connectivity index (χ3v) is 4.00. The van der Waals surface area contributed by atoms with Gasteiger partial charge in [0.2, 0.25) is 0 Å². The van der Waals surface area contributed by atoms with E-state index in [4.69, 9.17) is 5.73 Å². The van der Waals surface area contributed by atoms with Crippen LogP contribution < -0.4 is 11.1 Å². The van der Waals surface area contributed by atoms with E-state index < -0.39 is 0 Å². The second kappa shape index (κ2) is 5.98. The molecule has 2 rings (SSSR count). The molecule has 3 N–H and O–H groups in total. The molecule has 0 spiro atoms. The van der Waals surface area contributed by atoms with Gasteiger partial charge in [0.15, 0.2) is 0 Å². The summed E-state index contributed by atoms with van der Waals surface area (Å²) in [7, 11) is 0. The van der Waals surface area contributed by atoms with Gasteiger partial charge in [-0.25, -0.2) is 4.98 Å². The van der Waals surface area contributed by atoms with Gasteiger partial charge in [0.25, 0.3) is 0 Å². The number of nitrogen functional groups attached to an aromatic ring is 1. The molecule has 0 aliphatic carbocycles. The summed E-state index contributed by atoms with van der Waals surface area (Å²) in [5.41, 5.74) is 8.88. The average Bonchev–Trinajstić information content (AvgIpc) is 2.78. The summed E-state index contributed by atoms with van der Waals surface area (Å²) in [6.07, 6.45) is 1.01. The molecule has 1 aromatic heterocycles. The third kappa shape index (κ3) is 3.55. The maximum atomic E-state index is 5.66. The van der Waals surface area contributed by atoms with E-state index in [-0.39, 0.29) is 0 Å². The molecule has 1 atom stereocenters. The molecule has 1 aromatic carbocycles. The summed E-state index contributed by atoms with van der Waals surface area (Å²) in [6.45, 7) is 5.13. The van der Waals surface area contributed by atoms with Crippen molar-refractivity contribution in [1.29, 1.82) is 0 Å². The number of anilines is 1. The van der Waals surface area contributed by atoms with Crippen molar-refractivity contribution in [2.75, 3.05) is 12.3 Å². The highest BCUT2D eigenvalue weighted by Gasteiger charge is 2.07. The lowest BCUT2D eigenvalue weighted by Crippen LogP contribution is -2.21. The van der Waals surface area contributed by atoms with Crippen molar-refractivity contribution in [3.05, 3.63) is 45.9 Å². The van der Waals surface area contributed by atoms with Crippen molar-refractivity contribution in [3.8, 4) is 0 Å². The van der Waals surface area contributed by atoms with E-state index in [0.29, 0.717) is 6.04 Å². The number of nitrogens with zero attached hydrogens (tertiary/aromatic N) is 1. The molecule has 0 fully saturated rings. The van der Waals surface area contributed by atoms with Crippen LogP contribution in [0.2, 0.25) is 0 Å². The fourth-order valence-corrected chi connectivity index (χ4v) is 2.60. The minimum Gasteiger partial charge on any atom is -0.399 e. The van der Waals surface area contributed by atoms with Crippen LogP contribution >= 0.6 is 11.3 Å². The SMILES string of the molecule is Cc1csc(C(C)NCCc2ccc(N)cc2)n1. The summed E-state index contributed by atoms with van der Waals surface area (Å²) >= 11 is 1.72. The Morgan fingerprint density at radius 3 is 2.67 bits per heavy atom. The number of benzene rings is 1. The van der Waals surface area contributed by atoms with Gasteiger partial charge in [-0.2, -0.15) is 0 Å². The number of rotatable bonds is 5. The molecule has 0 amide bonds. The summed E-state index contributed by atoms with van der Waals surface area (Å²) < 4.78 is 0. The largest absolute Gasteiger partial charge is 0.399 e. The van der Waals surface area contributed by atoms with Crippen molar-refractivity contribution < 1.29 is 0 Å². The van der Waals surface area contributed by atoms with Gasteiger partial charge >= 0.3 is 0 Å². The second-order valence-corrected chi connectivity index (χ2v) is 5.38. The third-order valence-electron chi connectivity index (χ3n) is 2.85. The minimum atomic E-state index is 0.317. The fraction of sp³-hybridized carbons (Fsp3) is 0.357. The monoisotopic (exact) mass is 261 g/mol. The Labute approximate surface area is 112 Å². The maximum absolute atomic E-state index is 5.66. The lowest BCUT2D eigenvalue weighted by atomic mass is 10.1. The lowest BCUT2D eigenvalue weighted by Gasteiger charge is -2.11. The quantitative estimate of drug-likeness (QED) is 0.814. The molecule has 3 nitrogen and oxygen atoms in total. The molecule has 0 aliphatic rings. The first-order valence-electron chi connectivity index (χ1n) is 6.15. The van der Waals surface area contributed by atoms with Gasteiger partial charge in [-0.15, -0.1) is 11.3 Å². The summed E-state index contributed by atoms with van der Waals surface area (Å²) in [5, 5.41) is 6.74. The Kier molecular flexibility index (Phi) is 4.33. The van der Waals surface area contributed by atoms with Crippen LogP contribution in [0.1, 0.15) is 29.2 Å². The van der Waals surface area contributed by atoms with Crippen LogP contribution in [0.3, 0.4) is 0 Å². The van der Waals surface area contributed by atoms with E-state index >= 15 is 0 Å². The van der Waals surface area contributed by atoms with E-state index in [9.17, 15) is 0 Å². The van der Waals surface area contributed by atoms with E-state index in [0.717, 1.165) is 29.4 Å². The van der Waals surface area contributed by atoms with Gasteiger partial charge < -0.3 is 11.1 Å². The Hall–Kier alpha value is -1.39. The van der Waals surface area contributed by atoms with Gasteiger partial charge in [-0.1, -0.05) is 12.1 Å². The number of aryl methyl sites for hydroxylation is 1. The standard InChI is InChI=1S/C14H19N3S/c1-10-9-18-14(17-10)11(2)16-8-7-12-3-5-13(15)6-4-12/h3-6,9,11,16H,7-8,15H2,1-2H3. The normalized spacial score (nSPS) is 12.6. The first-order valence-corrected chi connectivity index (χ1v) is 7.03. The van der Waals surface area contributed by atoms with Crippen LogP contribution in [0, 0.1) is 6.92 Å². The molecule has 2 aromatic rings. The van der Waals surface area contributed by atoms with Gasteiger partial charge in [-0.05, 0) is 44.5 Å². The maximum Gasteiger partial charge on any atom is 0.110 e. The first kappa shape index (κ1) is 13.1. The van der Waals surface area contributed by atoms with E-state index in [1.165, 1.54) is 5.56 Å². The molecule has 0 saturated heterocycles. The zero-order valence-corrected chi connectivity index (χ0v) is 11.6. The number of thiazole rings is 1. The Morgan fingerprint density at radius 2 is 2.06 bits per heavy atom. The summed E-state index contributed by atoms with van der Waals surface area (Å²) in [4.78, 5) is 4.49.